The van der Waals surface area contributed by atoms with Crippen LogP contribution in [0.1, 0.15) is 11.7 Å². The molecule has 224 valence electrons. The number of rotatable bonds is 7. The van der Waals surface area contributed by atoms with Crippen LogP contribution in [0, 0.1) is 5.92 Å². The van der Waals surface area contributed by atoms with E-state index in [0.717, 1.165) is 42.6 Å². The van der Waals surface area contributed by atoms with Crippen LogP contribution in [0.25, 0.3) is 0 Å². The number of carbonyl (C=O) groups excluding carboxylic acids is 2. The number of piperazine rings is 1. The largest absolute Gasteiger partial charge is 0.386 e. The molecule has 0 aromatic heterocycles. The molecule has 0 saturated carbocycles. The van der Waals surface area contributed by atoms with Crippen molar-refractivity contribution in [2.75, 3.05) is 47.7 Å². The van der Waals surface area contributed by atoms with E-state index in [9.17, 15) is 23.1 Å². The Morgan fingerprint density at radius 2 is 1.51 bits per heavy atom. The van der Waals surface area contributed by atoms with E-state index in [0.29, 0.717) is 16.9 Å². The molecule has 0 spiro atoms. The summed E-state index contributed by atoms with van der Waals surface area (Å²) >= 11 is 3.42. The molecule has 6 rings (SSSR count). The zero-order valence-electron chi connectivity index (χ0n) is 23.4. The molecule has 4 atom stereocenters. The van der Waals surface area contributed by atoms with Gasteiger partial charge in [-0.1, -0.05) is 40.2 Å². The van der Waals surface area contributed by atoms with Gasteiger partial charge in [0.05, 0.1) is 28.6 Å². The van der Waals surface area contributed by atoms with Crippen LogP contribution in [0.15, 0.2) is 94.3 Å². The Morgan fingerprint density at radius 3 is 2.14 bits per heavy atom. The van der Waals surface area contributed by atoms with Gasteiger partial charge in [-0.3, -0.25) is 9.59 Å². The number of anilines is 3. The van der Waals surface area contributed by atoms with Gasteiger partial charge in [0.25, 0.3) is 5.91 Å². The number of halogens is 1. The predicted molar refractivity (Wildman–Crippen MR) is 168 cm³/mol. The number of nitrogens with one attached hydrogen (secondary N) is 2. The average Bonchev–Trinajstić information content (AvgIpc) is 3.27. The third kappa shape index (κ3) is 5.85. The lowest BCUT2D eigenvalue weighted by Gasteiger charge is -2.40. The minimum Gasteiger partial charge on any atom is -0.386 e. The van der Waals surface area contributed by atoms with Crippen molar-refractivity contribution in [1.82, 2.24) is 10.3 Å². The van der Waals surface area contributed by atoms with Gasteiger partial charge in [-0.15, -0.1) is 0 Å². The Labute approximate surface area is 259 Å². The summed E-state index contributed by atoms with van der Waals surface area (Å²) < 4.78 is 24.9. The maximum Gasteiger partial charge on any atom is 0.254 e. The SMILES string of the molecule is CS(=O)(=O)c1ccc(NN2[C@@H]([C@H](O)c3ccc(Br)cc3)C=C[C@H]3C(=O)N(c4ccc(N5CCNCC5)cc4)C(=O)[C@H]32)cc1. The summed E-state index contributed by atoms with van der Waals surface area (Å²) in [6.45, 7) is 3.55. The first kappa shape index (κ1) is 29.5. The van der Waals surface area contributed by atoms with Gasteiger partial charge >= 0.3 is 0 Å². The van der Waals surface area contributed by atoms with Gasteiger partial charge in [-0.2, -0.15) is 0 Å². The van der Waals surface area contributed by atoms with E-state index < -0.39 is 39.8 Å². The zero-order chi connectivity index (χ0) is 30.3. The van der Waals surface area contributed by atoms with Crippen LogP contribution in [-0.2, 0) is 19.4 Å². The molecule has 10 nitrogen and oxygen atoms in total. The molecule has 0 aliphatic carbocycles. The molecule has 2 fully saturated rings. The summed E-state index contributed by atoms with van der Waals surface area (Å²) in [5.74, 6) is -1.55. The van der Waals surface area contributed by atoms with E-state index in [1.54, 1.807) is 53.6 Å². The highest BCUT2D eigenvalue weighted by Gasteiger charge is 2.54. The molecule has 43 heavy (non-hydrogen) atoms. The molecule has 0 radical (unpaired) electrons. The molecule has 3 aliphatic heterocycles. The van der Waals surface area contributed by atoms with E-state index in [2.05, 4.69) is 31.6 Å². The molecule has 3 N–H and O–H groups in total. The van der Waals surface area contributed by atoms with Crippen LogP contribution >= 0.6 is 15.9 Å². The maximum atomic E-state index is 14.1. The molecule has 2 amide bonds. The molecule has 0 bridgehead atoms. The summed E-state index contributed by atoms with van der Waals surface area (Å²) in [7, 11) is -3.40. The lowest BCUT2D eigenvalue weighted by molar-refractivity contribution is -0.123. The fourth-order valence-corrected chi connectivity index (χ4v) is 6.74. The Hall–Kier alpha value is -3.55. The number of benzene rings is 3. The molecule has 12 heteroatoms. The quantitative estimate of drug-likeness (QED) is 0.258. The van der Waals surface area contributed by atoms with Crippen molar-refractivity contribution in [3.63, 3.8) is 0 Å². The van der Waals surface area contributed by atoms with Crippen molar-refractivity contribution in [3.8, 4) is 0 Å². The van der Waals surface area contributed by atoms with Crippen molar-refractivity contribution in [3.05, 3.63) is 95.0 Å². The van der Waals surface area contributed by atoms with E-state index in [1.165, 1.54) is 17.0 Å². The van der Waals surface area contributed by atoms with Gasteiger partial charge in [0.1, 0.15) is 6.04 Å². The highest BCUT2D eigenvalue weighted by molar-refractivity contribution is 9.10. The Kier molecular flexibility index (Phi) is 8.14. The molecular formula is C31H32BrN5O5S. The maximum absolute atomic E-state index is 14.1. The lowest BCUT2D eigenvalue weighted by Crippen LogP contribution is -2.55. The van der Waals surface area contributed by atoms with Crippen LogP contribution in [0.2, 0.25) is 0 Å². The van der Waals surface area contributed by atoms with Gasteiger partial charge in [0, 0.05) is 48.3 Å². The third-order valence-electron chi connectivity index (χ3n) is 8.12. The zero-order valence-corrected chi connectivity index (χ0v) is 25.8. The van der Waals surface area contributed by atoms with Gasteiger partial charge < -0.3 is 20.7 Å². The second kappa shape index (κ2) is 11.9. The van der Waals surface area contributed by atoms with Crippen LogP contribution in [0.5, 0.6) is 0 Å². The molecule has 3 aromatic carbocycles. The normalized spacial score (nSPS) is 23.4. The number of amides is 2. The first-order valence-electron chi connectivity index (χ1n) is 14.0. The van der Waals surface area contributed by atoms with Crippen LogP contribution < -0.4 is 20.5 Å². The van der Waals surface area contributed by atoms with Crippen molar-refractivity contribution in [2.24, 2.45) is 5.92 Å². The fourth-order valence-electron chi connectivity index (χ4n) is 5.84. The summed E-state index contributed by atoms with van der Waals surface area (Å²) in [5.41, 5.74) is 5.88. The molecular weight excluding hydrogens is 634 g/mol. The minimum atomic E-state index is -3.40. The Bertz CT molecular complexity index is 1640. The number of nitrogens with zero attached hydrogens (tertiary/aromatic N) is 3. The van der Waals surface area contributed by atoms with Gasteiger partial charge in [0.2, 0.25) is 5.91 Å². The van der Waals surface area contributed by atoms with E-state index in [-0.39, 0.29) is 10.8 Å². The highest BCUT2D eigenvalue weighted by atomic mass is 79.9. The van der Waals surface area contributed by atoms with Gasteiger partial charge in [0.15, 0.2) is 9.84 Å². The first-order valence-corrected chi connectivity index (χ1v) is 16.7. The Balaban J connectivity index is 1.32. The predicted octanol–water partition coefficient (Wildman–Crippen LogP) is 3.12. The number of aliphatic hydroxyl groups is 1. The summed E-state index contributed by atoms with van der Waals surface area (Å²) in [5, 5.41) is 16.4. The molecule has 0 unspecified atom stereocenters. The number of sulfone groups is 1. The second-order valence-electron chi connectivity index (χ2n) is 10.9. The fraction of sp³-hybridized carbons (Fsp3) is 0.290. The van der Waals surface area contributed by atoms with E-state index in [1.807, 2.05) is 24.3 Å². The molecule has 3 aliphatic rings. The number of aliphatic hydroxyl groups excluding tert-OH is 1. The van der Waals surface area contributed by atoms with Gasteiger partial charge in [-0.05, 0) is 66.2 Å². The van der Waals surface area contributed by atoms with Crippen LogP contribution in [-0.4, -0.2) is 74.9 Å². The molecule has 3 heterocycles. The highest BCUT2D eigenvalue weighted by Crippen LogP contribution is 2.38. The van der Waals surface area contributed by atoms with Crippen molar-refractivity contribution < 1.29 is 23.1 Å². The van der Waals surface area contributed by atoms with Crippen molar-refractivity contribution in [2.45, 2.75) is 23.1 Å². The lowest BCUT2D eigenvalue weighted by atomic mass is 9.90. The van der Waals surface area contributed by atoms with Crippen molar-refractivity contribution >= 4 is 54.6 Å². The number of imide groups is 1. The first-order chi connectivity index (χ1) is 20.6. The van der Waals surface area contributed by atoms with Crippen molar-refractivity contribution in [1.29, 1.82) is 0 Å². The number of hydrogen-bond donors (Lipinski definition) is 3. The number of fused-ring (bicyclic) bond motifs is 1. The summed E-state index contributed by atoms with van der Waals surface area (Å²) in [6.07, 6.45) is 3.54. The summed E-state index contributed by atoms with van der Waals surface area (Å²) in [4.78, 5) is 31.4. The molecule has 3 aromatic rings. The van der Waals surface area contributed by atoms with Gasteiger partial charge in [-0.25, -0.2) is 18.3 Å². The number of carbonyl (C=O) groups is 2. The summed E-state index contributed by atoms with van der Waals surface area (Å²) in [6, 6.07) is 19.2. The smallest absolute Gasteiger partial charge is 0.254 e. The topological polar surface area (TPSA) is 122 Å². The monoisotopic (exact) mass is 665 g/mol. The number of hydrogen-bond acceptors (Lipinski definition) is 9. The number of hydrazine groups is 1. The van der Waals surface area contributed by atoms with Crippen LogP contribution in [0.3, 0.4) is 0 Å². The second-order valence-corrected chi connectivity index (χ2v) is 13.9. The van der Waals surface area contributed by atoms with E-state index >= 15 is 0 Å². The standard InChI is InChI=1S/C31H32BrN5O5S/c1-43(41,42)25-12-6-22(7-13-25)34-37-27(29(38)20-2-4-21(32)5-3-20)15-14-26-28(37)31(40)36(30(26)39)24-10-8-23(9-11-24)35-18-16-33-17-19-35/h2-15,26-29,33-34,38H,16-19H2,1H3/t26-,27-,28+,29-/m1/s1. The third-order valence-corrected chi connectivity index (χ3v) is 9.78. The van der Waals surface area contributed by atoms with E-state index in [4.69, 9.17) is 0 Å². The average molecular weight is 667 g/mol. The molecule has 2 saturated heterocycles. The minimum absolute atomic E-state index is 0.156. The van der Waals surface area contributed by atoms with Crippen LogP contribution in [0.4, 0.5) is 17.1 Å². The Morgan fingerprint density at radius 1 is 0.884 bits per heavy atom.